The van der Waals surface area contributed by atoms with Crippen LogP contribution in [0.1, 0.15) is 37.9 Å². The first-order chi connectivity index (χ1) is 13.4. The van der Waals surface area contributed by atoms with E-state index in [-0.39, 0.29) is 29.4 Å². The quantitative estimate of drug-likeness (QED) is 0.212. The van der Waals surface area contributed by atoms with Crippen LogP contribution in [0.2, 0.25) is 0 Å². The van der Waals surface area contributed by atoms with E-state index in [4.69, 9.17) is 14.5 Å². The summed E-state index contributed by atoms with van der Waals surface area (Å²) >= 11 is 1.72. The van der Waals surface area contributed by atoms with E-state index in [0.29, 0.717) is 13.2 Å². The van der Waals surface area contributed by atoms with Crippen LogP contribution in [0.5, 0.6) is 5.75 Å². The van der Waals surface area contributed by atoms with E-state index < -0.39 is 0 Å². The molecule has 0 aliphatic carbocycles. The fraction of sp³-hybridized carbons (Fsp3) is 0.524. The van der Waals surface area contributed by atoms with Crippen molar-refractivity contribution in [1.29, 1.82) is 0 Å². The molecule has 1 heterocycles. The van der Waals surface area contributed by atoms with E-state index >= 15 is 0 Å². The zero-order chi connectivity index (χ0) is 20.4. The van der Waals surface area contributed by atoms with Gasteiger partial charge in [-0.05, 0) is 12.1 Å². The van der Waals surface area contributed by atoms with Gasteiger partial charge in [0, 0.05) is 62.7 Å². The molecule has 29 heavy (non-hydrogen) atoms. The summed E-state index contributed by atoms with van der Waals surface area (Å²) in [6.07, 6.45) is 1.73. The number of aliphatic imine (C=N–C) groups is 1. The molecule has 162 valence electrons. The molecule has 0 fully saturated rings. The number of rotatable bonds is 9. The maximum absolute atomic E-state index is 5.75. The Morgan fingerprint density at radius 1 is 1.24 bits per heavy atom. The molecular weight excluding hydrogens is 499 g/mol. The summed E-state index contributed by atoms with van der Waals surface area (Å²) in [6, 6.07) is 7.87. The number of hydrogen-bond donors (Lipinski definition) is 2. The second-order valence-corrected chi connectivity index (χ2v) is 8.42. The standard InChI is InChI=1S/C21H32N4O2S.HI/c1-21(2,3)18-15-28-19(25-18)10-11-23-20(22-4)24-16-8-6-9-17(14-16)27-13-7-12-26-5;/h6,8-9,14-15H,7,10-13H2,1-5H3,(H2,22,23,24);1H. The Labute approximate surface area is 195 Å². The molecule has 0 saturated carbocycles. The molecule has 0 saturated heterocycles. The topological polar surface area (TPSA) is 67.8 Å². The number of ether oxygens (including phenoxy) is 2. The fourth-order valence-electron chi connectivity index (χ4n) is 2.43. The Hall–Kier alpha value is -1.39. The van der Waals surface area contributed by atoms with Gasteiger partial charge >= 0.3 is 0 Å². The number of benzene rings is 1. The summed E-state index contributed by atoms with van der Waals surface area (Å²) in [6.45, 7) is 8.66. The van der Waals surface area contributed by atoms with E-state index in [0.717, 1.165) is 47.5 Å². The van der Waals surface area contributed by atoms with Gasteiger partial charge in [-0.2, -0.15) is 0 Å². The number of hydrogen-bond acceptors (Lipinski definition) is 5. The minimum Gasteiger partial charge on any atom is -0.493 e. The van der Waals surface area contributed by atoms with Crippen LogP contribution in [0.3, 0.4) is 0 Å². The molecule has 6 nitrogen and oxygen atoms in total. The van der Waals surface area contributed by atoms with Crippen molar-refractivity contribution in [2.45, 2.75) is 39.0 Å². The second-order valence-electron chi connectivity index (χ2n) is 7.47. The molecular formula is C21H33IN4O2S. The second kappa shape index (κ2) is 13.0. The predicted octanol–water partition coefficient (Wildman–Crippen LogP) is 4.70. The van der Waals surface area contributed by atoms with E-state index in [2.05, 4.69) is 41.8 Å². The summed E-state index contributed by atoms with van der Waals surface area (Å²) in [4.78, 5) is 9.03. The van der Waals surface area contributed by atoms with Gasteiger partial charge in [0.25, 0.3) is 0 Å². The van der Waals surface area contributed by atoms with Crippen LogP contribution in [0.15, 0.2) is 34.6 Å². The van der Waals surface area contributed by atoms with E-state index in [1.54, 1.807) is 25.5 Å². The molecule has 1 aromatic carbocycles. The summed E-state index contributed by atoms with van der Waals surface area (Å²) in [7, 11) is 3.46. The van der Waals surface area contributed by atoms with Crippen molar-refractivity contribution in [3.63, 3.8) is 0 Å². The first kappa shape index (κ1) is 25.6. The molecule has 0 radical (unpaired) electrons. The molecule has 1 aromatic heterocycles. The van der Waals surface area contributed by atoms with E-state index in [1.807, 2.05) is 24.3 Å². The lowest BCUT2D eigenvalue weighted by molar-refractivity contribution is 0.172. The predicted molar refractivity (Wildman–Crippen MR) is 133 cm³/mol. The lowest BCUT2D eigenvalue weighted by Crippen LogP contribution is -2.32. The number of halogens is 1. The van der Waals surface area contributed by atoms with Gasteiger partial charge in [-0.15, -0.1) is 35.3 Å². The van der Waals surface area contributed by atoms with E-state index in [9.17, 15) is 0 Å². The largest absolute Gasteiger partial charge is 0.493 e. The summed E-state index contributed by atoms with van der Waals surface area (Å²) in [5.41, 5.74) is 2.18. The van der Waals surface area contributed by atoms with Gasteiger partial charge < -0.3 is 20.1 Å². The van der Waals surface area contributed by atoms with Gasteiger partial charge in [0.2, 0.25) is 0 Å². The third kappa shape index (κ3) is 9.31. The molecule has 2 rings (SSSR count). The molecule has 0 atom stereocenters. The molecule has 0 aliphatic heterocycles. The molecule has 2 aromatic rings. The zero-order valence-corrected chi connectivity index (χ0v) is 21.1. The highest BCUT2D eigenvalue weighted by Gasteiger charge is 2.17. The van der Waals surface area contributed by atoms with Crippen LogP contribution in [0, 0.1) is 0 Å². The monoisotopic (exact) mass is 532 g/mol. The highest BCUT2D eigenvalue weighted by molar-refractivity contribution is 14.0. The molecule has 0 aliphatic rings. The lowest BCUT2D eigenvalue weighted by atomic mass is 9.93. The van der Waals surface area contributed by atoms with Crippen molar-refractivity contribution in [2.75, 3.05) is 39.2 Å². The molecule has 0 unspecified atom stereocenters. The molecule has 0 bridgehead atoms. The number of methoxy groups -OCH3 is 1. The minimum atomic E-state index is 0. The maximum atomic E-state index is 5.75. The molecule has 0 spiro atoms. The van der Waals surface area contributed by atoms with Gasteiger partial charge in [-0.25, -0.2) is 4.98 Å². The van der Waals surface area contributed by atoms with Crippen molar-refractivity contribution in [3.05, 3.63) is 40.3 Å². The maximum Gasteiger partial charge on any atom is 0.195 e. The van der Waals surface area contributed by atoms with Crippen LogP contribution in [-0.2, 0) is 16.6 Å². The number of guanidine groups is 1. The van der Waals surface area contributed by atoms with Crippen LogP contribution < -0.4 is 15.4 Å². The first-order valence-electron chi connectivity index (χ1n) is 9.56. The van der Waals surface area contributed by atoms with E-state index in [1.165, 1.54) is 0 Å². The Balaban J connectivity index is 0.00000420. The smallest absolute Gasteiger partial charge is 0.195 e. The van der Waals surface area contributed by atoms with Crippen LogP contribution in [-0.4, -0.2) is 44.9 Å². The number of nitrogens with zero attached hydrogens (tertiary/aromatic N) is 2. The summed E-state index contributed by atoms with van der Waals surface area (Å²) < 4.78 is 10.8. The molecule has 8 heteroatoms. The Bertz CT molecular complexity index is 759. The number of nitrogens with one attached hydrogen (secondary N) is 2. The average molecular weight is 532 g/mol. The Morgan fingerprint density at radius 3 is 2.69 bits per heavy atom. The number of aromatic nitrogens is 1. The van der Waals surface area contributed by atoms with Crippen molar-refractivity contribution >= 4 is 47.0 Å². The number of thiazole rings is 1. The average Bonchev–Trinajstić information content (AvgIpc) is 3.14. The van der Waals surface area contributed by atoms with Crippen molar-refractivity contribution < 1.29 is 9.47 Å². The van der Waals surface area contributed by atoms with Gasteiger partial charge in [0.15, 0.2) is 5.96 Å². The van der Waals surface area contributed by atoms with Crippen molar-refractivity contribution in [2.24, 2.45) is 4.99 Å². The zero-order valence-electron chi connectivity index (χ0n) is 17.9. The van der Waals surface area contributed by atoms with Gasteiger partial charge in [0.05, 0.1) is 17.3 Å². The first-order valence-corrected chi connectivity index (χ1v) is 10.4. The molecule has 2 N–H and O–H groups in total. The van der Waals surface area contributed by atoms with Crippen molar-refractivity contribution in [1.82, 2.24) is 10.3 Å². The van der Waals surface area contributed by atoms with Crippen LogP contribution in [0.4, 0.5) is 5.69 Å². The van der Waals surface area contributed by atoms with Crippen LogP contribution >= 0.6 is 35.3 Å². The highest BCUT2D eigenvalue weighted by Crippen LogP contribution is 2.24. The fourth-order valence-corrected chi connectivity index (χ4v) is 3.46. The third-order valence-corrected chi connectivity index (χ3v) is 4.94. The van der Waals surface area contributed by atoms with Gasteiger partial charge in [-0.3, -0.25) is 4.99 Å². The SMILES string of the molecule is CN=C(NCCc1nc(C(C)(C)C)cs1)Nc1cccc(OCCCOC)c1.I. The van der Waals surface area contributed by atoms with Crippen LogP contribution in [0.25, 0.3) is 0 Å². The summed E-state index contributed by atoms with van der Waals surface area (Å²) in [5, 5.41) is 9.94. The van der Waals surface area contributed by atoms with Gasteiger partial charge in [-0.1, -0.05) is 26.8 Å². The summed E-state index contributed by atoms with van der Waals surface area (Å²) in [5.74, 6) is 1.55. The van der Waals surface area contributed by atoms with Crippen molar-refractivity contribution in [3.8, 4) is 5.75 Å². The number of anilines is 1. The molecule has 0 amide bonds. The van der Waals surface area contributed by atoms with Gasteiger partial charge in [0.1, 0.15) is 5.75 Å². The Morgan fingerprint density at radius 2 is 2.03 bits per heavy atom. The highest BCUT2D eigenvalue weighted by atomic mass is 127. The lowest BCUT2D eigenvalue weighted by Gasteiger charge is -2.14. The normalized spacial score (nSPS) is 11.7. The minimum absolute atomic E-state index is 0. The Kier molecular flexibility index (Phi) is 11.5. The third-order valence-electron chi connectivity index (χ3n) is 4.03.